The zero-order chi connectivity index (χ0) is 11.3. The van der Waals surface area contributed by atoms with Crippen LogP contribution in [-0.4, -0.2) is 34.0 Å². The smallest absolute Gasteiger partial charge is 0.233 e. The fraction of sp³-hybridized carbons (Fsp3) is 0.778. The van der Waals surface area contributed by atoms with Gasteiger partial charge in [-0.2, -0.15) is 0 Å². The highest BCUT2D eigenvalue weighted by atomic mass is 32.2. The monoisotopic (exact) mass is 231 g/mol. The number of amidine groups is 1. The van der Waals surface area contributed by atoms with Crippen LogP contribution in [0.15, 0.2) is 5.16 Å². The summed E-state index contributed by atoms with van der Waals surface area (Å²) in [4.78, 5) is 11.7. The van der Waals surface area contributed by atoms with Crippen LogP contribution < -0.4 is 11.1 Å². The van der Waals surface area contributed by atoms with Gasteiger partial charge in [-0.25, -0.2) is 0 Å². The Balaban J connectivity index is 2.40. The summed E-state index contributed by atoms with van der Waals surface area (Å²) in [5.74, 6) is 1.05. The highest BCUT2D eigenvalue weighted by Crippen LogP contribution is 2.24. The minimum Gasteiger partial charge on any atom is -0.409 e. The van der Waals surface area contributed by atoms with Crippen LogP contribution in [0.3, 0.4) is 0 Å². The molecule has 1 saturated heterocycles. The van der Waals surface area contributed by atoms with Crippen molar-refractivity contribution in [2.45, 2.75) is 37.5 Å². The standard InChI is InChI=1S/C9H17N3O2S/c1-6(8(10)12-14)11-9(13)7-4-2-3-5-15-7/h6-7,14H,2-5H2,1H3,(H2,10,12)(H,11,13). The molecule has 1 rings (SSSR count). The van der Waals surface area contributed by atoms with Crippen LogP contribution in [0, 0.1) is 0 Å². The van der Waals surface area contributed by atoms with E-state index in [1.807, 2.05) is 0 Å². The molecule has 1 fully saturated rings. The Kier molecular flexibility index (Phi) is 4.74. The van der Waals surface area contributed by atoms with Crippen molar-refractivity contribution in [1.29, 1.82) is 0 Å². The van der Waals surface area contributed by atoms with Crippen LogP contribution >= 0.6 is 11.8 Å². The molecule has 0 aromatic heterocycles. The molecule has 0 spiro atoms. The number of amides is 1. The first kappa shape index (κ1) is 12.2. The molecule has 0 aromatic rings. The maximum atomic E-state index is 11.7. The van der Waals surface area contributed by atoms with E-state index < -0.39 is 6.04 Å². The molecular formula is C9H17N3O2S. The van der Waals surface area contributed by atoms with Crippen molar-refractivity contribution in [1.82, 2.24) is 5.32 Å². The van der Waals surface area contributed by atoms with Crippen LogP contribution in [0.5, 0.6) is 0 Å². The molecule has 0 aromatic carbocycles. The van der Waals surface area contributed by atoms with Gasteiger partial charge in [0.05, 0.1) is 11.3 Å². The molecular weight excluding hydrogens is 214 g/mol. The maximum absolute atomic E-state index is 11.7. The van der Waals surface area contributed by atoms with Gasteiger partial charge in [0.2, 0.25) is 5.91 Å². The number of carbonyl (C=O) groups excluding carboxylic acids is 1. The molecule has 2 unspecified atom stereocenters. The van der Waals surface area contributed by atoms with Gasteiger partial charge in [0.15, 0.2) is 5.84 Å². The van der Waals surface area contributed by atoms with Gasteiger partial charge in [0.25, 0.3) is 0 Å². The molecule has 15 heavy (non-hydrogen) atoms. The molecule has 0 saturated carbocycles. The van der Waals surface area contributed by atoms with E-state index in [4.69, 9.17) is 10.9 Å². The number of rotatable bonds is 3. The lowest BCUT2D eigenvalue weighted by Crippen LogP contribution is -2.46. The molecule has 5 nitrogen and oxygen atoms in total. The van der Waals surface area contributed by atoms with Gasteiger partial charge in [-0.1, -0.05) is 11.6 Å². The number of hydrogen-bond acceptors (Lipinski definition) is 4. The first-order chi connectivity index (χ1) is 7.15. The first-order valence-corrected chi connectivity index (χ1v) is 6.09. The molecule has 4 N–H and O–H groups in total. The fourth-order valence-electron chi connectivity index (χ4n) is 1.41. The van der Waals surface area contributed by atoms with Gasteiger partial charge in [-0.3, -0.25) is 4.79 Å². The summed E-state index contributed by atoms with van der Waals surface area (Å²) < 4.78 is 0. The number of thioether (sulfide) groups is 1. The zero-order valence-electron chi connectivity index (χ0n) is 8.77. The Morgan fingerprint density at radius 3 is 2.93 bits per heavy atom. The fourth-order valence-corrected chi connectivity index (χ4v) is 2.62. The molecule has 0 aliphatic carbocycles. The van der Waals surface area contributed by atoms with E-state index in [9.17, 15) is 4.79 Å². The Labute approximate surface area is 93.5 Å². The maximum Gasteiger partial charge on any atom is 0.233 e. The summed E-state index contributed by atoms with van der Waals surface area (Å²) in [6.45, 7) is 1.69. The number of nitrogens with zero attached hydrogens (tertiary/aromatic N) is 1. The summed E-state index contributed by atoms with van der Waals surface area (Å²) in [7, 11) is 0. The SMILES string of the molecule is CC(NC(=O)C1CCCCS1)C(N)=NO. The predicted octanol–water partition coefficient (Wildman–Crippen LogP) is 0.523. The van der Waals surface area contributed by atoms with Crippen molar-refractivity contribution in [2.24, 2.45) is 10.9 Å². The second kappa shape index (κ2) is 5.85. The normalized spacial score (nSPS) is 24.6. The number of nitrogens with one attached hydrogen (secondary N) is 1. The average molecular weight is 231 g/mol. The van der Waals surface area contributed by atoms with E-state index in [0.717, 1.165) is 18.6 Å². The third-order valence-electron chi connectivity index (χ3n) is 2.39. The van der Waals surface area contributed by atoms with E-state index in [1.54, 1.807) is 18.7 Å². The molecule has 86 valence electrons. The summed E-state index contributed by atoms with van der Waals surface area (Å²) in [6.07, 6.45) is 3.20. The number of oxime groups is 1. The molecule has 1 aliphatic heterocycles. The highest BCUT2D eigenvalue weighted by molar-refractivity contribution is 8.00. The Morgan fingerprint density at radius 2 is 2.40 bits per heavy atom. The van der Waals surface area contributed by atoms with E-state index in [2.05, 4.69) is 10.5 Å². The lowest BCUT2D eigenvalue weighted by molar-refractivity contribution is -0.120. The van der Waals surface area contributed by atoms with Gasteiger partial charge in [0.1, 0.15) is 0 Å². The lowest BCUT2D eigenvalue weighted by Gasteiger charge is -2.22. The summed E-state index contributed by atoms with van der Waals surface area (Å²) >= 11 is 1.68. The molecule has 1 aliphatic rings. The predicted molar refractivity (Wildman–Crippen MR) is 61.1 cm³/mol. The highest BCUT2D eigenvalue weighted by Gasteiger charge is 2.23. The van der Waals surface area contributed by atoms with Crippen molar-refractivity contribution in [3.63, 3.8) is 0 Å². The van der Waals surface area contributed by atoms with Crippen molar-refractivity contribution in [2.75, 3.05) is 5.75 Å². The van der Waals surface area contributed by atoms with Gasteiger partial charge >= 0.3 is 0 Å². The molecule has 6 heteroatoms. The van der Waals surface area contributed by atoms with Crippen LogP contribution in [-0.2, 0) is 4.79 Å². The van der Waals surface area contributed by atoms with Crippen LogP contribution in [0.1, 0.15) is 26.2 Å². The topological polar surface area (TPSA) is 87.7 Å². The van der Waals surface area contributed by atoms with E-state index in [1.165, 1.54) is 6.42 Å². The number of carbonyl (C=O) groups is 1. The molecule has 1 heterocycles. The largest absolute Gasteiger partial charge is 0.409 e. The van der Waals surface area contributed by atoms with Crippen molar-refractivity contribution in [3.8, 4) is 0 Å². The molecule has 1 amide bonds. The van der Waals surface area contributed by atoms with Crippen molar-refractivity contribution in [3.05, 3.63) is 0 Å². The summed E-state index contributed by atoms with van der Waals surface area (Å²) in [5.41, 5.74) is 5.37. The van der Waals surface area contributed by atoms with Crippen molar-refractivity contribution >= 4 is 23.5 Å². The van der Waals surface area contributed by atoms with Gasteiger partial charge in [-0.15, -0.1) is 11.8 Å². The quantitative estimate of drug-likeness (QED) is 0.286. The minimum atomic E-state index is -0.412. The molecule has 0 radical (unpaired) electrons. The molecule has 0 bridgehead atoms. The minimum absolute atomic E-state index is 0.0150. The summed E-state index contributed by atoms with van der Waals surface area (Å²) in [5, 5.41) is 14.0. The average Bonchev–Trinajstić information content (AvgIpc) is 2.29. The summed E-state index contributed by atoms with van der Waals surface area (Å²) in [6, 6.07) is -0.412. The Bertz CT molecular complexity index is 252. The third-order valence-corrected chi connectivity index (χ3v) is 3.77. The number of hydrogen-bond donors (Lipinski definition) is 3. The zero-order valence-corrected chi connectivity index (χ0v) is 9.59. The number of nitrogens with two attached hydrogens (primary N) is 1. The first-order valence-electron chi connectivity index (χ1n) is 5.04. The Morgan fingerprint density at radius 1 is 1.67 bits per heavy atom. The van der Waals surface area contributed by atoms with E-state index in [0.29, 0.717) is 0 Å². The van der Waals surface area contributed by atoms with Crippen molar-refractivity contribution < 1.29 is 10.0 Å². The van der Waals surface area contributed by atoms with Crippen LogP contribution in [0.2, 0.25) is 0 Å². The Hall–Kier alpha value is -0.910. The second-order valence-electron chi connectivity index (χ2n) is 3.61. The third kappa shape index (κ3) is 3.62. The van der Waals surface area contributed by atoms with Gasteiger partial charge < -0.3 is 16.3 Å². The molecule has 2 atom stereocenters. The van der Waals surface area contributed by atoms with E-state index >= 15 is 0 Å². The second-order valence-corrected chi connectivity index (χ2v) is 4.92. The van der Waals surface area contributed by atoms with Gasteiger partial charge in [0, 0.05) is 0 Å². The van der Waals surface area contributed by atoms with Crippen LogP contribution in [0.25, 0.3) is 0 Å². The van der Waals surface area contributed by atoms with E-state index in [-0.39, 0.29) is 17.0 Å². The van der Waals surface area contributed by atoms with Gasteiger partial charge in [-0.05, 0) is 25.5 Å². The lowest BCUT2D eigenvalue weighted by atomic mass is 10.1. The van der Waals surface area contributed by atoms with Crippen LogP contribution in [0.4, 0.5) is 0 Å².